The molecular weight excluding hydrogens is 479 g/mol. The zero-order chi connectivity index (χ0) is 26.5. The van der Waals surface area contributed by atoms with Gasteiger partial charge in [-0.1, -0.05) is 68.3 Å². The summed E-state index contributed by atoms with van der Waals surface area (Å²) in [7, 11) is 0. The molecule has 2 unspecified atom stereocenters. The molecule has 5 rings (SSSR count). The van der Waals surface area contributed by atoms with Gasteiger partial charge in [0.2, 0.25) is 5.91 Å². The average molecular weight is 515 g/mol. The molecule has 2 amide bonds. The van der Waals surface area contributed by atoms with Crippen molar-refractivity contribution < 1.29 is 18.7 Å². The fourth-order valence-corrected chi connectivity index (χ4v) is 5.74. The first kappa shape index (κ1) is 26.0. The predicted octanol–water partition coefficient (Wildman–Crippen LogP) is 5.96. The summed E-state index contributed by atoms with van der Waals surface area (Å²) in [6.07, 6.45) is 4.77. The Morgan fingerprint density at radius 3 is 2.55 bits per heavy atom. The minimum atomic E-state index is -0.684. The maximum absolute atomic E-state index is 13.6. The normalized spacial score (nSPS) is 18.1. The summed E-state index contributed by atoms with van der Waals surface area (Å²) in [6.45, 7) is 2.83. The molecule has 1 fully saturated rings. The Bertz CT molecular complexity index is 1270. The van der Waals surface area contributed by atoms with Crippen LogP contribution in [0.15, 0.2) is 72.8 Å². The number of ether oxygens (including phenoxy) is 1. The minimum absolute atomic E-state index is 0.105. The number of carbonyl (C=O) groups excluding carboxylic acids is 2. The highest BCUT2D eigenvalue weighted by Gasteiger charge is 2.36. The first-order chi connectivity index (χ1) is 18.5. The summed E-state index contributed by atoms with van der Waals surface area (Å²) in [5.74, 6) is 0.382. The second-order valence-electron chi connectivity index (χ2n) is 10.3. The number of rotatable bonds is 8. The first-order valence-electron chi connectivity index (χ1n) is 13.7. The SMILES string of the molecule is CCC(Oc1ccc2c(c1)C(c1ccccc1)N(C(=O)C1CCCC1)CC2)C(=O)NCc1cccc(F)c1. The van der Waals surface area contributed by atoms with Crippen molar-refractivity contribution in [2.24, 2.45) is 5.92 Å². The van der Waals surface area contributed by atoms with E-state index in [1.165, 1.54) is 17.7 Å². The fourth-order valence-electron chi connectivity index (χ4n) is 5.74. The highest BCUT2D eigenvalue weighted by Crippen LogP contribution is 2.39. The van der Waals surface area contributed by atoms with E-state index in [1.54, 1.807) is 12.1 Å². The van der Waals surface area contributed by atoms with Crippen LogP contribution in [0, 0.1) is 11.7 Å². The molecule has 5 nitrogen and oxygen atoms in total. The van der Waals surface area contributed by atoms with Gasteiger partial charge in [0, 0.05) is 19.0 Å². The van der Waals surface area contributed by atoms with Crippen LogP contribution in [0.25, 0.3) is 0 Å². The molecule has 0 bridgehead atoms. The van der Waals surface area contributed by atoms with Crippen molar-refractivity contribution in [1.29, 1.82) is 0 Å². The number of nitrogens with zero attached hydrogens (tertiary/aromatic N) is 1. The molecule has 3 aromatic rings. The van der Waals surface area contributed by atoms with Crippen LogP contribution in [0.1, 0.15) is 67.3 Å². The molecule has 2 aliphatic rings. The van der Waals surface area contributed by atoms with E-state index in [4.69, 9.17) is 4.74 Å². The molecule has 1 saturated carbocycles. The molecule has 2 atom stereocenters. The van der Waals surface area contributed by atoms with E-state index in [-0.39, 0.29) is 36.1 Å². The summed E-state index contributed by atoms with van der Waals surface area (Å²) in [6, 6.07) is 22.2. The molecule has 6 heteroatoms. The lowest BCUT2D eigenvalue weighted by molar-refractivity contribution is -0.137. The minimum Gasteiger partial charge on any atom is -0.481 e. The maximum Gasteiger partial charge on any atom is 0.261 e. The Labute approximate surface area is 224 Å². The number of amides is 2. The molecule has 0 aromatic heterocycles. The summed E-state index contributed by atoms with van der Waals surface area (Å²) in [5, 5.41) is 2.86. The van der Waals surface area contributed by atoms with E-state index >= 15 is 0 Å². The van der Waals surface area contributed by atoms with Crippen LogP contribution >= 0.6 is 0 Å². The van der Waals surface area contributed by atoms with E-state index in [9.17, 15) is 14.0 Å². The predicted molar refractivity (Wildman–Crippen MR) is 145 cm³/mol. The second kappa shape index (κ2) is 11.8. The number of hydrogen-bond acceptors (Lipinski definition) is 3. The van der Waals surface area contributed by atoms with Crippen molar-refractivity contribution in [2.75, 3.05) is 6.54 Å². The van der Waals surface area contributed by atoms with Crippen molar-refractivity contribution in [3.63, 3.8) is 0 Å². The molecule has 0 saturated heterocycles. The summed E-state index contributed by atoms with van der Waals surface area (Å²) in [4.78, 5) is 28.6. The lowest BCUT2D eigenvalue weighted by Crippen LogP contribution is -2.43. The summed E-state index contributed by atoms with van der Waals surface area (Å²) in [5.41, 5.74) is 4.03. The molecule has 1 heterocycles. The van der Waals surface area contributed by atoms with Crippen molar-refractivity contribution >= 4 is 11.8 Å². The Morgan fingerprint density at radius 2 is 1.82 bits per heavy atom. The molecule has 38 heavy (non-hydrogen) atoms. The Kier molecular flexibility index (Phi) is 8.06. The van der Waals surface area contributed by atoms with Gasteiger partial charge in [0.05, 0.1) is 6.04 Å². The highest BCUT2D eigenvalue weighted by molar-refractivity contribution is 5.81. The van der Waals surface area contributed by atoms with E-state index in [0.717, 1.165) is 43.2 Å². The maximum atomic E-state index is 13.6. The smallest absolute Gasteiger partial charge is 0.261 e. The zero-order valence-corrected chi connectivity index (χ0v) is 21.9. The van der Waals surface area contributed by atoms with Gasteiger partial charge in [0.15, 0.2) is 6.10 Å². The number of hydrogen-bond donors (Lipinski definition) is 1. The van der Waals surface area contributed by atoms with Crippen molar-refractivity contribution in [1.82, 2.24) is 10.2 Å². The van der Waals surface area contributed by atoms with Crippen molar-refractivity contribution in [3.05, 3.63) is 101 Å². The number of nitrogens with one attached hydrogen (secondary N) is 1. The van der Waals surface area contributed by atoms with Crippen LogP contribution in [-0.4, -0.2) is 29.4 Å². The largest absolute Gasteiger partial charge is 0.481 e. The van der Waals surface area contributed by atoms with Crippen LogP contribution in [0.2, 0.25) is 0 Å². The van der Waals surface area contributed by atoms with Gasteiger partial charge in [-0.2, -0.15) is 0 Å². The van der Waals surface area contributed by atoms with Crippen LogP contribution in [-0.2, 0) is 22.6 Å². The van der Waals surface area contributed by atoms with E-state index < -0.39 is 6.10 Å². The lowest BCUT2D eigenvalue weighted by atomic mass is 9.87. The molecule has 1 aliphatic heterocycles. The quantitative estimate of drug-likeness (QED) is 0.403. The number of carbonyl (C=O) groups is 2. The van der Waals surface area contributed by atoms with Gasteiger partial charge < -0.3 is 15.0 Å². The third-order valence-corrected chi connectivity index (χ3v) is 7.75. The van der Waals surface area contributed by atoms with Gasteiger partial charge in [-0.05, 0) is 72.2 Å². The van der Waals surface area contributed by atoms with E-state index in [1.807, 2.05) is 37.3 Å². The third-order valence-electron chi connectivity index (χ3n) is 7.75. The van der Waals surface area contributed by atoms with Gasteiger partial charge in [-0.15, -0.1) is 0 Å². The fraction of sp³-hybridized carbons (Fsp3) is 0.375. The average Bonchev–Trinajstić information content (AvgIpc) is 3.49. The van der Waals surface area contributed by atoms with Crippen LogP contribution in [0.4, 0.5) is 4.39 Å². The van der Waals surface area contributed by atoms with Gasteiger partial charge >= 0.3 is 0 Å². The molecular formula is C32H35FN2O3. The monoisotopic (exact) mass is 514 g/mol. The Morgan fingerprint density at radius 1 is 1.03 bits per heavy atom. The van der Waals surface area contributed by atoms with Crippen molar-refractivity contribution in [2.45, 2.75) is 64.1 Å². The van der Waals surface area contributed by atoms with Crippen LogP contribution < -0.4 is 10.1 Å². The van der Waals surface area contributed by atoms with Crippen molar-refractivity contribution in [3.8, 4) is 5.75 Å². The first-order valence-corrected chi connectivity index (χ1v) is 13.7. The molecule has 0 radical (unpaired) electrons. The second-order valence-corrected chi connectivity index (χ2v) is 10.3. The standard InChI is InChI=1S/C32H35FN2O3/c1-2-29(31(36)34-21-22-9-8-14-26(33)19-22)38-27-16-15-23-17-18-35(32(37)25-12-6-7-13-25)30(28(23)20-27)24-10-4-3-5-11-24/h3-5,8-11,14-16,19-20,25,29-30H,2,6-7,12-13,17-18,21H2,1H3,(H,34,36). The topological polar surface area (TPSA) is 58.6 Å². The molecule has 3 aromatic carbocycles. The van der Waals surface area contributed by atoms with Crippen LogP contribution in [0.3, 0.4) is 0 Å². The van der Waals surface area contributed by atoms with Gasteiger partial charge in [-0.3, -0.25) is 9.59 Å². The van der Waals surface area contributed by atoms with Gasteiger partial charge in [0.25, 0.3) is 5.91 Å². The number of benzene rings is 3. The van der Waals surface area contributed by atoms with Crippen LogP contribution in [0.5, 0.6) is 5.75 Å². The lowest BCUT2D eigenvalue weighted by Gasteiger charge is -2.39. The molecule has 198 valence electrons. The molecule has 0 spiro atoms. The molecule has 1 N–H and O–H groups in total. The Hall–Kier alpha value is -3.67. The number of fused-ring (bicyclic) bond motifs is 1. The summed E-state index contributed by atoms with van der Waals surface area (Å²) < 4.78 is 19.7. The molecule has 1 aliphatic carbocycles. The Balaban J connectivity index is 1.37. The highest BCUT2D eigenvalue weighted by atomic mass is 19.1. The van der Waals surface area contributed by atoms with E-state index in [0.29, 0.717) is 24.3 Å². The van der Waals surface area contributed by atoms with E-state index in [2.05, 4.69) is 28.4 Å². The van der Waals surface area contributed by atoms with Gasteiger partial charge in [-0.25, -0.2) is 4.39 Å². The summed E-state index contributed by atoms with van der Waals surface area (Å²) >= 11 is 0. The zero-order valence-electron chi connectivity index (χ0n) is 21.9. The number of halogens is 1. The van der Waals surface area contributed by atoms with Gasteiger partial charge in [0.1, 0.15) is 11.6 Å². The third kappa shape index (κ3) is 5.74.